The Kier molecular flexibility index (Phi) is 6.06. The minimum Gasteiger partial charge on any atom is -0.339 e. The molecular formula is C25H28N4O2. The summed E-state index contributed by atoms with van der Waals surface area (Å²) in [7, 11) is 0. The zero-order chi connectivity index (χ0) is 22.0. The zero-order valence-electron chi connectivity index (χ0n) is 17.9. The number of fused-ring (bicyclic) bond motifs is 1. The molecule has 0 unspecified atom stereocenters. The molecular weight excluding hydrogens is 388 g/mol. The number of amides is 2. The summed E-state index contributed by atoms with van der Waals surface area (Å²) in [5.74, 6) is 0.189. The Morgan fingerprint density at radius 1 is 1.16 bits per heavy atom. The summed E-state index contributed by atoms with van der Waals surface area (Å²) in [5.41, 5.74) is 4.96. The van der Waals surface area contributed by atoms with Crippen LogP contribution in [0.3, 0.4) is 0 Å². The van der Waals surface area contributed by atoms with Gasteiger partial charge in [-0.1, -0.05) is 43.3 Å². The van der Waals surface area contributed by atoms with E-state index in [2.05, 4.69) is 35.9 Å². The molecule has 0 aliphatic carbocycles. The smallest absolute Gasteiger partial charge is 0.238 e. The number of nitrogens with zero attached hydrogens (tertiary/aromatic N) is 1. The molecule has 0 spiro atoms. The van der Waals surface area contributed by atoms with E-state index in [1.807, 2.05) is 42.5 Å². The fourth-order valence-electron chi connectivity index (χ4n) is 4.42. The number of anilines is 1. The van der Waals surface area contributed by atoms with Gasteiger partial charge in [-0.2, -0.15) is 5.26 Å². The highest BCUT2D eigenvalue weighted by atomic mass is 16.2. The Morgan fingerprint density at radius 2 is 1.90 bits per heavy atom. The van der Waals surface area contributed by atoms with Crippen molar-refractivity contribution in [1.82, 2.24) is 10.6 Å². The average Bonchev–Trinajstić information content (AvgIpc) is 3.14. The first-order valence-electron chi connectivity index (χ1n) is 10.9. The lowest BCUT2D eigenvalue weighted by atomic mass is 9.88. The van der Waals surface area contributed by atoms with Crippen LogP contribution in [-0.2, 0) is 22.4 Å². The van der Waals surface area contributed by atoms with E-state index in [1.165, 1.54) is 0 Å². The van der Waals surface area contributed by atoms with Crippen molar-refractivity contribution >= 4 is 17.5 Å². The second kappa shape index (κ2) is 8.91. The topological polar surface area (TPSA) is 94.0 Å². The van der Waals surface area contributed by atoms with Gasteiger partial charge in [0.1, 0.15) is 6.04 Å². The second-order valence-corrected chi connectivity index (χ2v) is 8.79. The van der Waals surface area contributed by atoms with E-state index >= 15 is 0 Å². The number of nitriles is 1. The maximum atomic E-state index is 12.7. The minimum atomic E-state index is -0.570. The molecule has 0 aromatic heterocycles. The number of carbonyl (C=O) groups is 2. The van der Waals surface area contributed by atoms with Crippen LogP contribution in [0.25, 0.3) is 11.1 Å². The van der Waals surface area contributed by atoms with E-state index < -0.39 is 6.04 Å². The Bertz CT molecular complexity index is 1020. The fourth-order valence-corrected chi connectivity index (χ4v) is 4.42. The van der Waals surface area contributed by atoms with Gasteiger partial charge >= 0.3 is 0 Å². The molecule has 2 amide bonds. The monoisotopic (exact) mass is 416 g/mol. The summed E-state index contributed by atoms with van der Waals surface area (Å²) in [5, 5.41) is 18.7. The summed E-state index contributed by atoms with van der Waals surface area (Å²) < 4.78 is 0. The molecule has 1 saturated heterocycles. The van der Waals surface area contributed by atoms with E-state index in [1.54, 1.807) is 0 Å². The number of hydrogen-bond acceptors (Lipinski definition) is 4. The van der Waals surface area contributed by atoms with Gasteiger partial charge in [-0.25, -0.2) is 0 Å². The molecule has 0 radical (unpaired) electrons. The molecule has 2 aromatic rings. The number of nitrogens with one attached hydrogen (secondary N) is 3. The van der Waals surface area contributed by atoms with Crippen LogP contribution >= 0.6 is 0 Å². The third-order valence-electron chi connectivity index (χ3n) is 6.30. The average molecular weight is 417 g/mol. The van der Waals surface area contributed by atoms with Gasteiger partial charge in [0.05, 0.1) is 18.5 Å². The van der Waals surface area contributed by atoms with E-state index in [0.717, 1.165) is 40.8 Å². The van der Waals surface area contributed by atoms with Gasteiger partial charge in [-0.3, -0.25) is 9.59 Å². The Balaban J connectivity index is 1.40. The predicted molar refractivity (Wildman–Crippen MR) is 120 cm³/mol. The van der Waals surface area contributed by atoms with E-state index in [4.69, 9.17) is 0 Å². The second-order valence-electron chi connectivity index (χ2n) is 8.79. The van der Waals surface area contributed by atoms with Crippen LogP contribution in [-0.4, -0.2) is 29.9 Å². The Morgan fingerprint density at radius 3 is 2.65 bits per heavy atom. The molecule has 4 rings (SSSR count). The van der Waals surface area contributed by atoms with Crippen molar-refractivity contribution in [2.45, 2.75) is 57.7 Å². The summed E-state index contributed by atoms with van der Waals surface area (Å²) in [4.78, 5) is 24.3. The summed E-state index contributed by atoms with van der Waals surface area (Å²) >= 11 is 0. The van der Waals surface area contributed by atoms with Gasteiger partial charge in [-0.15, -0.1) is 0 Å². The molecule has 2 heterocycles. The molecule has 2 aromatic carbocycles. The van der Waals surface area contributed by atoms with Gasteiger partial charge < -0.3 is 16.0 Å². The first-order chi connectivity index (χ1) is 14.9. The number of piperidine rings is 1. The Labute approximate surface area is 183 Å². The van der Waals surface area contributed by atoms with E-state index in [0.29, 0.717) is 18.9 Å². The number of hydrogen-bond donors (Lipinski definition) is 3. The van der Waals surface area contributed by atoms with Crippen LogP contribution in [0.15, 0.2) is 42.5 Å². The van der Waals surface area contributed by atoms with Gasteiger partial charge in [-0.05, 0) is 54.0 Å². The van der Waals surface area contributed by atoms with Crippen molar-refractivity contribution in [3.63, 3.8) is 0 Å². The van der Waals surface area contributed by atoms with Gasteiger partial charge in [0.15, 0.2) is 0 Å². The molecule has 160 valence electrons. The molecule has 0 bridgehead atoms. The molecule has 2 aliphatic rings. The quantitative estimate of drug-likeness (QED) is 0.698. The lowest BCUT2D eigenvalue weighted by Crippen LogP contribution is -2.55. The SMILES string of the molecule is C[C@@H]1CC[C@H](C)N[C@@H]1C(=O)N[C@H](C#N)Cc1ccc(-c2ccc3c(c2)NC(=O)C3)cc1. The van der Waals surface area contributed by atoms with Crippen molar-refractivity contribution in [3.05, 3.63) is 53.6 Å². The normalized spacial score (nSPS) is 23.4. The molecule has 4 atom stereocenters. The van der Waals surface area contributed by atoms with Crippen molar-refractivity contribution in [3.8, 4) is 17.2 Å². The van der Waals surface area contributed by atoms with Crippen LogP contribution < -0.4 is 16.0 Å². The highest BCUT2D eigenvalue weighted by Gasteiger charge is 2.31. The van der Waals surface area contributed by atoms with Crippen molar-refractivity contribution in [2.24, 2.45) is 5.92 Å². The van der Waals surface area contributed by atoms with Crippen LogP contribution in [0.2, 0.25) is 0 Å². The molecule has 6 heteroatoms. The fraction of sp³-hybridized carbons (Fsp3) is 0.400. The first kappa shape index (κ1) is 21.1. The Hall–Kier alpha value is -3.17. The minimum absolute atomic E-state index is 0.0272. The lowest BCUT2D eigenvalue weighted by Gasteiger charge is -2.33. The van der Waals surface area contributed by atoms with Crippen LogP contribution in [0.1, 0.15) is 37.8 Å². The largest absolute Gasteiger partial charge is 0.339 e. The molecule has 31 heavy (non-hydrogen) atoms. The number of benzene rings is 2. The van der Waals surface area contributed by atoms with E-state index in [-0.39, 0.29) is 23.8 Å². The van der Waals surface area contributed by atoms with Crippen LogP contribution in [0, 0.1) is 17.2 Å². The van der Waals surface area contributed by atoms with Gasteiger partial charge in [0.2, 0.25) is 11.8 Å². The molecule has 1 fully saturated rings. The van der Waals surface area contributed by atoms with Crippen LogP contribution in [0.4, 0.5) is 5.69 Å². The third-order valence-corrected chi connectivity index (χ3v) is 6.30. The molecule has 0 saturated carbocycles. The molecule has 2 aliphatic heterocycles. The summed E-state index contributed by atoms with van der Waals surface area (Å²) in [6.45, 7) is 4.16. The molecule has 3 N–H and O–H groups in total. The maximum absolute atomic E-state index is 12.7. The third kappa shape index (κ3) is 4.78. The van der Waals surface area contributed by atoms with Gasteiger partial charge in [0, 0.05) is 18.2 Å². The number of rotatable bonds is 5. The van der Waals surface area contributed by atoms with Crippen molar-refractivity contribution in [2.75, 3.05) is 5.32 Å². The molecule has 6 nitrogen and oxygen atoms in total. The van der Waals surface area contributed by atoms with E-state index in [9.17, 15) is 14.9 Å². The lowest BCUT2D eigenvalue weighted by molar-refractivity contribution is -0.125. The highest BCUT2D eigenvalue weighted by molar-refractivity contribution is 6.00. The maximum Gasteiger partial charge on any atom is 0.238 e. The standard InChI is InChI=1S/C25H28N4O2/c1-15-3-4-16(2)27-24(15)25(31)28-21(14-26)11-17-5-7-18(8-6-17)19-9-10-20-13-23(30)29-22(20)12-19/h5-10,12,15-16,21,24,27H,3-4,11,13H2,1-2H3,(H,28,31)(H,29,30)/t15-,16+,21+,24+/m1/s1. The van der Waals surface area contributed by atoms with Crippen molar-refractivity contribution in [1.29, 1.82) is 5.26 Å². The summed E-state index contributed by atoms with van der Waals surface area (Å²) in [6.07, 6.45) is 2.97. The van der Waals surface area contributed by atoms with Crippen LogP contribution in [0.5, 0.6) is 0 Å². The first-order valence-corrected chi connectivity index (χ1v) is 10.9. The van der Waals surface area contributed by atoms with Gasteiger partial charge in [0.25, 0.3) is 0 Å². The van der Waals surface area contributed by atoms with Crippen molar-refractivity contribution < 1.29 is 9.59 Å². The zero-order valence-corrected chi connectivity index (χ0v) is 17.9. The predicted octanol–water partition coefficient (Wildman–Crippen LogP) is 3.18. The highest BCUT2D eigenvalue weighted by Crippen LogP contribution is 2.29. The number of carbonyl (C=O) groups excluding carboxylic acids is 2. The summed E-state index contributed by atoms with van der Waals surface area (Å²) in [6, 6.07) is 15.7.